The molecular formula is C45H79O8P. The summed E-state index contributed by atoms with van der Waals surface area (Å²) < 4.78 is 26.3. The molecule has 0 aromatic rings. The number of esters is 2. The third kappa shape index (κ3) is 42.5. The van der Waals surface area contributed by atoms with Crippen LogP contribution in [0.1, 0.15) is 194 Å². The first kappa shape index (κ1) is 51.8. The summed E-state index contributed by atoms with van der Waals surface area (Å²) in [6.45, 7) is 3.60. The van der Waals surface area contributed by atoms with Gasteiger partial charge in [-0.15, -0.1) is 0 Å². The number of hydrogen-bond acceptors (Lipinski definition) is 6. The van der Waals surface area contributed by atoms with E-state index in [4.69, 9.17) is 19.3 Å². The van der Waals surface area contributed by atoms with Gasteiger partial charge in [0.05, 0.1) is 6.61 Å². The Labute approximate surface area is 330 Å². The van der Waals surface area contributed by atoms with E-state index in [2.05, 4.69) is 67.0 Å². The molecule has 0 fully saturated rings. The molecule has 0 saturated carbocycles. The number of carbonyl (C=O) groups is 2. The largest absolute Gasteiger partial charge is 0.469 e. The Morgan fingerprint density at radius 3 is 1.31 bits per heavy atom. The summed E-state index contributed by atoms with van der Waals surface area (Å²) in [5.41, 5.74) is 0. The molecule has 9 heteroatoms. The van der Waals surface area contributed by atoms with E-state index in [0.717, 1.165) is 44.9 Å². The minimum Gasteiger partial charge on any atom is -0.462 e. The SMILES string of the molecule is CCCCC/C=C/C/C=C/C/C=C/C/C=C/C/C=C/CCC(=O)OC[C@H](COP(=O)(O)O)OC(=O)CCCCCCCCCCCCCCCCCCC. The van der Waals surface area contributed by atoms with Crippen LogP contribution in [-0.2, 0) is 28.2 Å². The van der Waals surface area contributed by atoms with Gasteiger partial charge >= 0.3 is 19.8 Å². The molecule has 312 valence electrons. The molecule has 2 N–H and O–H groups in total. The van der Waals surface area contributed by atoms with Crippen molar-refractivity contribution in [1.29, 1.82) is 0 Å². The molecule has 0 aromatic heterocycles. The van der Waals surface area contributed by atoms with Gasteiger partial charge in [-0.05, 0) is 51.4 Å². The lowest BCUT2D eigenvalue weighted by molar-refractivity contribution is -0.161. The first-order valence-electron chi connectivity index (χ1n) is 21.6. The number of rotatable bonds is 39. The maximum atomic E-state index is 12.4. The highest BCUT2D eigenvalue weighted by Gasteiger charge is 2.22. The fraction of sp³-hybridized carbons (Fsp3) is 0.733. The van der Waals surface area contributed by atoms with E-state index in [1.807, 2.05) is 12.2 Å². The minimum absolute atomic E-state index is 0.143. The molecule has 1 atom stereocenters. The number of phosphoric acid groups is 1. The van der Waals surface area contributed by atoms with Crippen molar-refractivity contribution in [1.82, 2.24) is 0 Å². The molecule has 0 bridgehead atoms. The van der Waals surface area contributed by atoms with Crippen LogP contribution >= 0.6 is 7.82 Å². The number of hydrogen-bond donors (Lipinski definition) is 2. The lowest BCUT2D eigenvalue weighted by Gasteiger charge is -2.18. The maximum Gasteiger partial charge on any atom is 0.469 e. The Bertz CT molecular complexity index is 1060. The van der Waals surface area contributed by atoms with Gasteiger partial charge in [0.15, 0.2) is 6.10 Å². The van der Waals surface area contributed by atoms with Gasteiger partial charge in [-0.3, -0.25) is 14.1 Å². The summed E-state index contributed by atoms with van der Waals surface area (Å²) >= 11 is 0. The normalized spacial score (nSPS) is 13.0. The summed E-state index contributed by atoms with van der Waals surface area (Å²) in [6, 6.07) is 0. The second-order valence-corrected chi connectivity index (χ2v) is 15.6. The molecular weight excluding hydrogens is 699 g/mol. The zero-order valence-corrected chi connectivity index (χ0v) is 35.2. The van der Waals surface area contributed by atoms with Crippen LogP contribution in [0.5, 0.6) is 0 Å². The standard InChI is InChI=1S/C45H79O8P/c1-3-5-7-9-11-13-15-17-19-21-22-24-25-27-29-31-33-35-37-39-44(46)51-41-43(42-52-54(48,49)50)53-45(47)40-38-36-34-32-30-28-26-23-20-18-16-14-12-10-8-6-4-2/h11,13,17,19,22,24,27,29,33,35,43H,3-10,12,14-16,18,20-21,23,25-26,28,30-32,34,36-42H2,1-2H3,(H2,48,49,50)/b13-11+,19-17+,24-22+,29-27+,35-33+/t43-/m1/s1. The third-order valence-electron chi connectivity index (χ3n) is 9.05. The Morgan fingerprint density at radius 2 is 0.870 bits per heavy atom. The Hall–Kier alpha value is -2.25. The van der Waals surface area contributed by atoms with Gasteiger partial charge in [-0.2, -0.15) is 0 Å². The Balaban J connectivity index is 4.02. The van der Waals surface area contributed by atoms with E-state index >= 15 is 0 Å². The van der Waals surface area contributed by atoms with Crippen LogP contribution in [0.2, 0.25) is 0 Å². The number of phosphoric ester groups is 1. The summed E-state index contributed by atoms with van der Waals surface area (Å²) in [7, 11) is -4.77. The summed E-state index contributed by atoms with van der Waals surface area (Å²) in [5, 5.41) is 0. The first-order chi connectivity index (χ1) is 26.3. The fourth-order valence-corrected chi connectivity index (χ4v) is 6.19. The number of carbonyl (C=O) groups excluding carboxylic acids is 2. The monoisotopic (exact) mass is 779 g/mol. The summed E-state index contributed by atoms with van der Waals surface area (Å²) in [6.07, 6.45) is 51.0. The molecule has 0 saturated heterocycles. The molecule has 0 aromatic carbocycles. The van der Waals surface area contributed by atoms with Gasteiger partial charge in [0.1, 0.15) is 6.61 Å². The predicted octanol–water partition coefficient (Wildman–Crippen LogP) is 13.3. The fourth-order valence-electron chi connectivity index (χ4n) is 5.83. The lowest BCUT2D eigenvalue weighted by atomic mass is 10.0. The average Bonchev–Trinajstić information content (AvgIpc) is 3.14. The van der Waals surface area contributed by atoms with Crippen LogP contribution in [0.4, 0.5) is 0 Å². The molecule has 0 aliphatic carbocycles. The van der Waals surface area contributed by atoms with Crippen molar-refractivity contribution < 1.29 is 37.9 Å². The molecule has 8 nitrogen and oxygen atoms in total. The molecule has 0 aliphatic heterocycles. The number of unbranched alkanes of at least 4 members (excludes halogenated alkanes) is 19. The zero-order chi connectivity index (χ0) is 39.6. The van der Waals surface area contributed by atoms with Crippen molar-refractivity contribution in [3.63, 3.8) is 0 Å². The molecule has 0 unspecified atom stereocenters. The quantitative estimate of drug-likeness (QED) is 0.0274. The highest BCUT2D eigenvalue weighted by atomic mass is 31.2. The number of allylic oxidation sites excluding steroid dienone is 10. The van der Waals surface area contributed by atoms with Crippen molar-refractivity contribution >= 4 is 19.8 Å². The second-order valence-electron chi connectivity index (χ2n) is 14.3. The van der Waals surface area contributed by atoms with Crippen molar-refractivity contribution in [2.75, 3.05) is 13.2 Å². The average molecular weight is 779 g/mol. The van der Waals surface area contributed by atoms with Crippen LogP contribution in [0, 0.1) is 0 Å². The van der Waals surface area contributed by atoms with Crippen LogP contribution in [0.25, 0.3) is 0 Å². The zero-order valence-electron chi connectivity index (χ0n) is 34.4. The van der Waals surface area contributed by atoms with Crippen molar-refractivity contribution in [3.8, 4) is 0 Å². The van der Waals surface area contributed by atoms with E-state index in [0.29, 0.717) is 12.8 Å². The smallest absolute Gasteiger partial charge is 0.462 e. The highest BCUT2D eigenvalue weighted by Crippen LogP contribution is 2.36. The van der Waals surface area contributed by atoms with Gasteiger partial charge < -0.3 is 19.3 Å². The predicted molar refractivity (Wildman–Crippen MR) is 225 cm³/mol. The van der Waals surface area contributed by atoms with E-state index in [9.17, 15) is 14.2 Å². The van der Waals surface area contributed by atoms with Gasteiger partial charge in [0.2, 0.25) is 0 Å². The molecule has 0 aliphatic rings. The number of ether oxygens (including phenoxy) is 2. The van der Waals surface area contributed by atoms with Crippen LogP contribution in [-0.4, -0.2) is 41.0 Å². The topological polar surface area (TPSA) is 119 Å². The van der Waals surface area contributed by atoms with Crippen molar-refractivity contribution in [2.24, 2.45) is 0 Å². The van der Waals surface area contributed by atoms with Gasteiger partial charge in [-0.25, -0.2) is 4.57 Å². The van der Waals surface area contributed by atoms with E-state index in [-0.39, 0.29) is 19.4 Å². The molecule has 0 radical (unpaired) electrons. The van der Waals surface area contributed by atoms with E-state index in [1.54, 1.807) is 0 Å². The van der Waals surface area contributed by atoms with Crippen LogP contribution in [0.3, 0.4) is 0 Å². The third-order valence-corrected chi connectivity index (χ3v) is 9.54. The minimum atomic E-state index is -4.77. The molecule has 0 rings (SSSR count). The molecule has 0 spiro atoms. The lowest BCUT2D eigenvalue weighted by Crippen LogP contribution is -2.29. The van der Waals surface area contributed by atoms with Gasteiger partial charge in [-0.1, -0.05) is 190 Å². The van der Waals surface area contributed by atoms with Crippen molar-refractivity contribution in [2.45, 2.75) is 200 Å². The van der Waals surface area contributed by atoms with E-state index in [1.165, 1.54) is 109 Å². The van der Waals surface area contributed by atoms with E-state index < -0.39 is 32.5 Å². The second kappa shape index (κ2) is 40.4. The summed E-state index contributed by atoms with van der Waals surface area (Å²) in [4.78, 5) is 42.8. The first-order valence-corrected chi connectivity index (χ1v) is 23.1. The van der Waals surface area contributed by atoms with Crippen molar-refractivity contribution in [3.05, 3.63) is 60.8 Å². The molecule has 0 heterocycles. The van der Waals surface area contributed by atoms with Gasteiger partial charge in [0.25, 0.3) is 0 Å². The Morgan fingerprint density at radius 1 is 0.481 bits per heavy atom. The maximum absolute atomic E-state index is 12.4. The van der Waals surface area contributed by atoms with Crippen LogP contribution in [0.15, 0.2) is 60.8 Å². The van der Waals surface area contributed by atoms with Crippen LogP contribution < -0.4 is 0 Å². The highest BCUT2D eigenvalue weighted by molar-refractivity contribution is 7.46. The Kier molecular flexibility index (Phi) is 38.7. The molecule has 0 amide bonds. The van der Waals surface area contributed by atoms with Gasteiger partial charge in [0, 0.05) is 12.8 Å². The molecule has 54 heavy (non-hydrogen) atoms. The summed E-state index contributed by atoms with van der Waals surface area (Å²) in [5.74, 6) is -0.978.